The maximum absolute atomic E-state index is 11.7. The minimum absolute atomic E-state index is 0.0295. The Labute approximate surface area is 241 Å². The number of benzene rings is 2. The normalized spacial score (nSPS) is 10.2. The Hall–Kier alpha value is -3.98. The molecule has 40 heavy (non-hydrogen) atoms. The van der Waals surface area contributed by atoms with Crippen LogP contribution in [0.25, 0.3) is 10.1 Å². The highest BCUT2D eigenvalue weighted by Gasteiger charge is 2.27. The lowest BCUT2D eigenvalue weighted by Gasteiger charge is -2.13. The van der Waals surface area contributed by atoms with Crippen molar-refractivity contribution < 1.29 is 43.1 Å². The SMILES string of the molecule is CCOc1c([N+](=O)[O-])cc(C=O)c(Br)c1OCC.CCOc1c([N+](=O)[O-])cc2cc(C(=O)OC)sc2c1OCC. The Balaban J connectivity index is 0.000000286. The summed E-state index contributed by atoms with van der Waals surface area (Å²) in [6, 6.07) is 4.09. The van der Waals surface area contributed by atoms with Crippen molar-refractivity contribution >= 4 is 61.0 Å². The number of hydrogen-bond acceptors (Lipinski definition) is 12. The van der Waals surface area contributed by atoms with Crippen LogP contribution in [0, 0.1) is 20.2 Å². The Kier molecular flexibility index (Phi) is 12.1. The second-order valence-electron chi connectivity index (χ2n) is 7.40. The van der Waals surface area contributed by atoms with Gasteiger partial charge in [-0.3, -0.25) is 25.0 Å². The third kappa shape index (κ3) is 7.15. The van der Waals surface area contributed by atoms with Crippen LogP contribution in [0.1, 0.15) is 47.7 Å². The molecule has 216 valence electrons. The average molecular weight is 643 g/mol. The van der Waals surface area contributed by atoms with Crippen molar-refractivity contribution in [1.29, 1.82) is 0 Å². The number of carbonyl (C=O) groups is 2. The topological polar surface area (TPSA) is 167 Å². The van der Waals surface area contributed by atoms with Crippen molar-refractivity contribution in [2.45, 2.75) is 27.7 Å². The molecule has 0 saturated carbocycles. The second kappa shape index (κ2) is 15.0. The standard InChI is InChI=1S/C14H15NO6S.C11H12BrNO5/c1-4-20-11-9(15(17)18)6-8-7-10(14(16)19-3)22-13(8)12(11)21-5-2;1-3-17-10-8(13(15)16)5-7(6-14)9(12)11(10)18-4-2/h6-7H,4-5H2,1-3H3;5-6H,3-4H2,1-2H3. The predicted octanol–water partition coefficient (Wildman–Crippen LogP) is 6.36. The highest BCUT2D eigenvalue weighted by molar-refractivity contribution is 9.10. The van der Waals surface area contributed by atoms with Gasteiger partial charge in [0.1, 0.15) is 4.88 Å². The smallest absolute Gasteiger partial charge is 0.348 e. The van der Waals surface area contributed by atoms with Gasteiger partial charge in [0, 0.05) is 23.1 Å². The number of nitrogens with zero attached hydrogens (tertiary/aromatic N) is 2. The monoisotopic (exact) mass is 642 g/mol. The number of thiophene rings is 1. The van der Waals surface area contributed by atoms with Crippen LogP contribution < -0.4 is 18.9 Å². The second-order valence-corrected chi connectivity index (χ2v) is 9.24. The molecule has 0 spiro atoms. The van der Waals surface area contributed by atoms with Crippen molar-refractivity contribution in [1.82, 2.24) is 0 Å². The predicted molar refractivity (Wildman–Crippen MR) is 151 cm³/mol. The van der Waals surface area contributed by atoms with E-state index in [2.05, 4.69) is 20.7 Å². The van der Waals surface area contributed by atoms with E-state index in [1.54, 1.807) is 33.8 Å². The van der Waals surface area contributed by atoms with Gasteiger partial charge in [-0.15, -0.1) is 11.3 Å². The minimum atomic E-state index is -0.604. The maximum Gasteiger partial charge on any atom is 0.348 e. The minimum Gasteiger partial charge on any atom is -0.489 e. The number of methoxy groups -OCH3 is 1. The van der Waals surface area contributed by atoms with Gasteiger partial charge in [0.25, 0.3) is 0 Å². The van der Waals surface area contributed by atoms with Gasteiger partial charge in [0.2, 0.25) is 11.5 Å². The molecule has 0 aliphatic carbocycles. The zero-order valence-electron chi connectivity index (χ0n) is 22.3. The van der Waals surface area contributed by atoms with E-state index in [-0.39, 0.29) is 53.2 Å². The van der Waals surface area contributed by atoms with Crippen molar-refractivity contribution in [3.05, 3.63) is 53.3 Å². The van der Waals surface area contributed by atoms with Crippen LogP contribution in [0.3, 0.4) is 0 Å². The van der Waals surface area contributed by atoms with Crippen LogP contribution in [0.4, 0.5) is 11.4 Å². The lowest BCUT2D eigenvalue weighted by atomic mass is 10.2. The first-order valence-corrected chi connectivity index (χ1v) is 13.5. The van der Waals surface area contributed by atoms with Crippen molar-refractivity contribution in [3.8, 4) is 23.0 Å². The number of rotatable bonds is 12. The van der Waals surface area contributed by atoms with Crippen LogP contribution in [0.5, 0.6) is 23.0 Å². The first-order valence-electron chi connectivity index (χ1n) is 11.9. The third-order valence-electron chi connectivity index (χ3n) is 4.94. The van der Waals surface area contributed by atoms with Gasteiger partial charge in [-0.1, -0.05) is 0 Å². The van der Waals surface area contributed by atoms with E-state index in [1.165, 1.54) is 13.2 Å². The molecule has 0 aliphatic heterocycles. The molecule has 0 unspecified atom stereocenters. The van der Waals surface area contributed by atoms with Crippen LogP contribution >= 0.6 is 27.3 Å². The molecule has 13 nitrogen and oxygen atoms in total. The molecule has 1 heterocycles. The van der Waals surface area contributed by atoms with E-state index >= 15 is 0 Å². The van der Waals surface area contributed by atoms with Gasteiger partial charge < -0.3 is 23.7 Å². The van der Waals surface area contributed by atoms with Gasteiger partial charge >= 0.3 is 17.3 Å². The Bertz CT molecular complexity index is 1410. The van der Waals surface area contributed by atoms with Crippen LogP contribution in [0.15, 0.2) is 22.7 Å². The van der Waals surface area contributed by atoms with Crippen molar-refractivity contribution in [2.75, 3.05) is 33.5 Å². The first kappa shape index (κ1) is 32.2. The fourth-order valence-electron chi connectivity index (χ4n) is 3.42. The largest absolute Gasteiger partial charge is 0.489 e. The van der Waals surface area contributed by atoms with E-state index < -0.39 is 15.8 Å². The number of carbonyl (C=O) groups excluding carboxylic acids is 2. The molecular formula is C25H27BrN2O11S. The molecule has 2 aromatic carbocycles. The molecule has 0 aliphatic rings. The van der Waals surface area contributed by atoms with Crippen LogP contribution in [0.2, 0.25) is 0 Å². The quantitative estimate of drug-likeness (QED) is 0.0932. The number of nitro benzene ring substituents is 2. The number of ether oxygens (including phenoxy) is 5. The molecule has 0 atom stereocenters. The summed E-state index contributed by atoms with van der Waals surface area (Å²) in [6.07, 6.45) is 0.523. The lowest BCUT2D eigenvalue weighted by molar-refractivity contribution is -0.386. The highest BCUT2D eigenvalue weighted by Crippen LogP contribution is 2.47. The van der Waals surface area contributed by atoms with E-state index in [9.17, 15) is 29.8 Å². The summed E-state index contributed by atoms with van der Waals surface area (Å²) in [5.74, 6) is 0.0792. The summed E-state index contributed by atoms with van der Waals surface area (Å²) in [7, 11) is 1.28. The van der Waals surface area contributed by atoms with Gasteiger partial charge in [-0.2, -0.15) is 0 Å². The fourth-order valence-corrected chi connectivity index (χ4v) is 4.97. The maximum atomic E-state index is 11.7. The van der Waals surface area contributed by atoms with E-state index in [0.717, 1.165) is 17.4 Å². The zero-order chi connectivity index (χ0) is 30.0. The number of aldehydes is 1. The summed E-state index contributed by atoms with van der Waals surface area (Å²) >= 11 is 4.34. The van der Waals surface area contributed by atoms with E-state index in [0.29, 0.717) is 38.9 Å². The molecule has 0 fully saturated rings. The molecule has 0 amide bonds. The molecule has 0 saturated heterocycles. The van der Waals surface area contributed by atoms with Gasteiger partial charge in [0.05, 0.1) is 52.6 Å². The summed E-state index contributed by atoms with van der Waals surface area (Å²) in [6.45, 7) is 8.10. The number of fused-ring (bicyclic) bond motifs is 1. The number of halogens is 1. The number of esters is 1. The summed E-state index contributed by atoms with van der Waals surface area (Å²) in [5.41, 5.74) is -0.328. The third-order valence-corrected chi connectivity index (χ3v) is 6.89. The molecule has 1 aromatic heterocycles. The van der Waals surface area contributed by atoms with Crippen molar-refractivity contribution in [3.63, 3.8) is 0 Å². The fraction of sp³-hybridized carbons (Fsp3) is 0.360. The Morgan fingerprint density at radius 2 is 1.32 bits per heavy atom. The Morgan fingerprint density at radius 3 is 1.80 bits per heavy atom. The molecule has 3 aromatic rings. The van der Waals surface area contributed by atoms with Crippen LogP contribution in [-0.4, -0.2) is 55.6 Å². The molecule has 0 N–H and O–H groups in total. The van der Waals surface area contributed by atoms with Gasteiger partial charge in [-0.05, 0) is 49.7 Å². The highest BCUT2D eigenvalue weighted by atomic mass is 79.9. The average Bonchev–Trinajstić information content (AvgIpc) is 3.36. The summed E-state index contributed by atoms with van der Waals surface area (Å²) in [4.78, 5) is 44.0. The van der Waals surface area contributed by atoms with Crippen LogP contribution in [-0.2, 0) is 4.74 Å². The molecule has 15 heteroatoms. The van der Waals surface area contributed by atoms with Gasteiger partial charge in [-0.25, -0.2) is 4.79 Å². The molecule has 3 rings (SSSR count). The summed E-state index contributed by atoms with van der Waals surface area (Å²) in [5, 5.41) is 22.8. The van der Waals surface area contributed by atoms with E-state index in [4.69, 9.17) is 18.9 Å². The first-order chi connectivity index (χ1) is 19.1. The van der Waals surface area contributed by atoms with Gasteiger partial charge in [0.15, 0.2) is 17.8 Å². The molecule has 0 radical (unpaired) electrons. The molecular weight excluding hydrogens is 616 g/mol. The number of nitro groups is 2. The zero-order valence-corrected chi connectivity index (χ0v) is 24.7. The van der Waals surface area contributed by atoms with E-state index in [1.807, 2.05) is 0 Å². The lowest BCUT2D eigenvalue weighted by Crippen LogP contribution is -2.04. The number of hydrogen-bond donors (Lipinski definition) is 0. The Morgan fingerprint density at radius 1 is 0.850 bits per heavy atom. The summed E-state index contributed by atoms with van der Waals surface area (Å²) < 4.78 is 27.2. The molecule has 0 bridgehead atoms. The van der Waals surface area contributed by atoms with Crippen molar-refractivity contribution in [2.24, 2.45) is 0 Å².